The van der Waals surface area contributed by atoms with Gasteiger partial charge in [0.1, 0.15) is 5.82 Å². The third kappa shape index (κ3) is 5.50. The summed E-state index contributed by atoms with van der Waals surface area (Å²) in [5, 5.41) is 5.15. The molecule has 1 N–H and O–H groups in total. The van der Waals surface area contributed by atoms with Crippen molar-refractivity contribution in [3.63, 3.8) is 0 Å². The first-order chi connectivity index (χ1) is 9.69. The number of hydrogen-bond donors (Lipinski definition) is 1. The molecule has 1 aromatic heterocycles. The second-order valence-electron chi connectivity index (χ2n) is 4.43. The summed E-state index contributed by atoms with van der Waals surface area (Å²) >= 11 is 0. The van der Waals surface area contributed by atoms with E-state index in [-0.39, 0.29) is 6.04 Å². The Morgan fingerprint density at radius 2 is 2.20 bits per heavy atom. The molecule has 0 amide bonds. The van der Waals surface area contributed by atoms with E-state index in [9.17, 15) is 0 Å². The standard InChI is InChI=1S/C15H24N4O/c1-5-8-14(19(4)20-11-6-2)12-18-13(3)15-16-9-7-10-17-15/h5,7-10,13,18H,1,6,11-12H2,2-4H3/b14-8-. The van der Waals surface area contributed by atoms with Crippen molar-refractivity contribution in [1.29, 1.82) is 0 Å². The van der Waals surface area contributed by atoms with Crippen LogP contribution in [0.4, 0.5) is 0 Å². The average molecular weight is 276 g/mol. The van der Waals surface area contributed by atoms with Gasteiger partial charge >= 0.3 is 0 Å². The van der Waals surface area contributed by atoms with E-state index in [0.29, 0.717) is 13.2 Å². The lowest BCUT2D eigenvalue weighted by atomic mass is 10.3. The number of likely N-dealkylation sites (N-methyl/N-ethyl adjacent to an activating group) is 1. The van der Waals surface area contributed by atoms with Gasteiger partial charge in [-0.1, -0.05) is 19.6 Å². The normalized spacial score (nSPS) is 13.1. The molecule has 1 rings (SSSR count). The summed E-state index contributed by atoms with van der Waals surface area (Å²) in [7, 11) is 1.90. The minimum atomic E-state index is 0.0731. The van der Waals surface area contributed by atoms with Gasteiger partial charge in [0, 0.05) is 26.0 Å². The van der Waals surface area contributed by atoms with Crippen molar-refractivity contribution in [2.75, 3.05) is 20.2 Å². The number of nitrogens with one attached hydrogen (secondary N) is 1. The molecule has 5 heteroatoms. The van der Waals surface area contributed by atoms with Crippen LogP contribution in [0.15, 0.2) is 42.9 Å². The molecule has 5 nitrogen and oxygen atoms in total. The van der Waals surface area contributed by atoms with Crippen LogP contribution in [0.2, 0.25) is 0 Å². The molecule has 0 radical (unpaired) electrons. The lowest BCUT2D eigenvalue weighted by Crippen LogP contribution is -2.30. The van der Waals surface area contributed by atoms with Gasteiger partial charge in [-0.05, 0) is 25.5 Å². The Kier molecular flexibility index (Phi) is 7.54. The molecule has 0 aliphatic rings. The highest BCUT2D eigenvalue weighted by atomic mass is 16.7. The average Bonchev–Trinajstić information content (AvgIpc) is 2.49. The van der Waals surface area contributed by atoms with Gasteiger partial charge in [0.15, 0.2) is 0 Å². The van der Waals surface area contributed by atoms with Gasteiger partial charge in [0.25, 0.3) is 0 Å². The first kappa shape index (κ1) is 16.3. The van der Waals surface area contributed by atoms with Crippen molar-refractivity contribution in [2.24, 2.45) is 0 Å². The molecule has 0 bridgehead atoms. The highest BCUT2D eigenvalue weighted by molar-refractivity contribution is 5.10. The van der Waals surface area contributed by atoms with Crippen molar-refractivity contribution < 1.29 is 4.84 Å². The van der Waals surface area contributed by atoms with Gasteiger partial charge in [-0.15, -0.1) is 0 Å². The van der Waals surface area contributed by atoms with Crippen LogP contribution in [0.5, 0.6) is 0 Å². The lowest BCUT2D eigenvalue weighted by molar-refractivity contribution is -0.112. The zero-order valence-corrected chi connectivity index (χ0v) is 12.5. The Morgan fingerprint density at radius 3 is 2.80 bits per heavy atom. The summed E-state index contributed by atoms with van der Waals surface area (Å²) in [4.78, 5) is 14.1. The van der Waals surface area contributed by atoms with E-state index in [4.69, 9.17) is 4.84 Å². The highest BCUT2D eigenvalue weighted by Gasteiger charge is 2.10. The van der Waals surface area contributed by atoms with Crippen LogP contribution >= 0.6 is 0 Å². The zero-order chi connectivity index (χ0) is 14.8. The first-order valence-electron chi connectivity index (χ1n) is 6.87. The van der Waals surface area contributed by atoms with Crippen molar-refractivity contribution in [3.05, 3.63) is 48.7 Å². The minimum absolute atomic E-state index is 0.0731. The van der Waals surface area contributed by atoms with Gasteiger partial charge < -0.3 is 5.32 Å². The Morgan fingerprint density at radius 1 is 1.50 bits per heavy atom. The fraction of sp³-hybridized carbons (Fsp3) is 0.467. The fourth-order valence-electron chi connectivity index (χ4n) is 1.61. The maximum atomic E-state index is 5.59. The van der Waals surface area contributed by atoms with E-state index < -0.39 is 0 Å². The summed E-state index contributed by atoms with van der Waals surface area (Å²) in [6.07, 6.45) is 8.16. The minimum Gasteiger partial charge on any atom is -0.302 e. The van der Waals surface area contributed by atoms with Crippen LogP contribution in [0.25, 0.3) is 0 Å². The predicted octanol–water partition coefficient (Wildman–Crippen LogP) is 2.47. The van der Waals surface area contributed by atoms with E-state index in [1.165, 1.54) is 0 Å². The summed E-state index contributed by atoms with van der Waals surface area (Å²) in [6.45, 7) is 9.21. The monoisotopic (exact) mass is 276 g/mol. The molecule has 0 aliphatic carbocycles. The van der Waals surface area contributed by atoms with Crippen LogP contribution in [0.1, 0.15) is 32.1 Å². The lowest BCUT2D eigenvalue weighted by Gasteiger charge is -2.23. The summed E-state index contributed by atoms with van der Waals surface area (Å²) < 4.78 is 0. The second-order valence-corrected chi connectivity index (χ2v) is 4.43. The van der Waals surface area contributed by atoms with Crippen LogP contribution in [0, 0.1) is 0 Å². The van der Waals surface area contributed by atoms with Crippen LogP contribution in [-0.2, 0) is 4.84 Å². The quantitative estimate of drug-likeness (QED) is 0.554. The van der Waals surface area contributed by atoms with Crippen molar-refractivity contribution in [2.45, 2.75) is 26.3 Å². The molecule has 0 saturated carbocycles. The summed E-state index contributed by atoms with van der Waals surface area (Å²) in [6, 6.07) is 1.88. The highest BCUT2D eigenvalue weighted by Crippen LogP contribution is 2.08. The predicted molar refractivity (Wildman–Crippen MR) is 80.7 cm³/mol. The Bertz CT molecular complexity index is 419. The molecule has 1 aromatic rings. The fourth-order valence-corrected chi connectivity index (χ4v) is 1.61. The number of nitrogens with zero attached hydrogens (tertiary/aromatic N) is 3. The summed E-state index contributed by atoms with van der Waals surface area (Å²) in [5.41, 5.74) is 1.01. The van der Waals surface area contributed by atoms with Crippen LogP contribution in [0.3, 0.4) is 0 Å². The molecule has 1 unspecified atom stereocenters. The summed E-state index contributed by atoms with van der Waals surface area (Å²) in [5.74, 6) is 0.780. The van der Waals surface area contributed by atoms with E-state index in [1.54, 1.807) is 23.5 Å². The van der Waals surface area contributed by atoms with E-state index >= 15 is 0 Å². The van der Waals surface area contributed by atoms with Crippen LogP contribution in [-0.4, -0.2) is 35.2 Å². The van der Waals surface area contributed by atoms with E-state index in [0.717, 1.165) is 17.9 Å². The molecule has 1 atom stereocenters. The number of hydrogen-bond acceptors (Lipinski definition) is 5. The Hall–Kier alpha value is -1.72. The molecular weight excluding hydrogens is 252 g/mol. The molecule has 0 saturated heterocycles. The maximum absolute atomic E-state index is 5.59. The molecular formula is C15H24N4O. The number of allylic oxidation sites excluding steroid dienone is 2. The largest absolute Gasteiger partial charge is 0.302 e. The number of aromatic nitrogens is 2. The molecule has 0 aliphatic heterocycles. The molecule has 20 heavy (non-hydrogen) atoms. The van der Waals surface area contributed by atoms with Gasteiger partial charge in [-0.3, -0.25) is 9.90 Å². The van der Waals surface area contributed by atoms with Crippen molar-refractivity contribution in [1.82, 2.24) is 20.3 Å². The van der Waals surface area contributed by atoms with Gasteiger partial charge in [-0.25, -0.2) is 9.97 Å². The third-order valence-electron chi connectivity index (χ3n) is 2.77. The van der Waals surface area contributed by atoms with Gasteiger partial charge in [0.2, 0.25) is 0 Å². The van der Waals surface area contributed by atoms with Gasteiger partial charge in [0.05, 0.1) is 18.3 Å². The second kappa shape index (κ2) is 9.23. The molecule has 110 valence electrons. The van der Waals surface area contributed by atoms with E-state index in [1.807, 2.05) is 26.1 Å². The smallest absolute Gasteiger partial charge is 0.144 e. The zero-order valence-electron chi connectivity index (χ0n) is 12.5. The van der Waals surface area contributed by atoms with Gasteiger partial charge in [-0.2, -0.15) is 0 Å². The first-order valence-corrected chi connectivity index (χ1v) is 6.87. The van der Waals surface area contributed by atoms with Crippen LogP contribution < -0.4 is 5.32 Å². The topological polar surface area (TPSA) is 50.3 Å². The van der Waals surface area contributed by atoms with Crippen molar-refractivity contribution in [3.8, 4) is 0 Å². The Labute approximate surface area is 121 Å². The Balaban J connectivity index is 2.55. The number of hydroxylamine groups is 2. The molecule has 1 heterocycles. The third-order valence-corrected chi connectivity index (χ3v) is 2.77. The maximum Gasteiger partial charge on any atom is 0.144 e. The molecule has 0 fully saturated rings. The van der Waals surface area contributed by atoms with E-state index in [2.05, 4.69) is 28.8 Å². The molecule has 0 spiro atoms. The number of rotatable bonds is 9. The molecule has 0 aromatic carbocycles. The SMILES string of the molecule is C=C/C=C(/CNC(C)c1ncccn1)N(C)OCCC. The van der Waals surface area contributed by atoms with Crippen molar-refractivity contribution >= 4 is 0 Å².